The molecular weight excluding hydrogens is 350 g/mol. The SMILES string of the molecule is O=C1NC(C2CC2)(C2CC2)C(=O)N1CC(=O)N1CCCC1c1cccs1. The molecule has 1 atom stereocenters. The molecule has 3 heterocycles. The molecule has 2 saturated carbocycles. The van der Waals surface area contributed by atoms with E-state index in [1.54, 1.807) is 11.3 Å². The van der Waals surface area contributed by atoms with Crippen molar-refractivity contribution in [3.8, 4) is 0 Å². The number of likely N-dealkylation sites (tertiary alicyclic amines) is 1. The first kappa shape index (κ1) is 16.3. The molecular formula is C19H23N3O3S. The van der Waals surface area contributed by atoms with Crippen molar-refractivity contribution in [3.63, 3.8) is 0 Å². The van der Waals surface area contributed by atoms with Gasteiger partial charge in [0, 0.05) is 11.4 Å². The van der Waals surface area contributed by atoms with Crippen LogP contribution in [0.2, 0.25) is 0 Å². The molecule has 4 amide bonds. The van der Waals surface area contributed by atoms with E-state index in [1.807, 2.05) is 16.3 Å². The number of hydrogen-bond donors (Lipinski definition) is 1. The molecule has 2 aliphatic carbocycles. The summed E-state index contributed by atoms with van der Waals surface area (Å²) in [5.74, 6) is 0.244. The van der Waals surface area contributed by atoms with Gasteiger partial charge in [0.1, 0.15) is 12.1 Å². The number of nitrogens with zero attached hydrogens (tertiary/aromatic N) is 2. The third-order valence-electron chi connectivity index (χ3n) is 6.34. The summed E-state index contributed by atoms with van der Waals surface area (Å²) in [6.07, 6.45) is 5.89. The molecule has 0 spiro atoms. The highest BCUT2D eigenvalue weighted by molar-refractivity contribution is 7.10. The van der Waals surface area contributed by atoms with Crippen LogP contribution in [0.4, 0.5) is 4.79 Å². The molecule has 6 nitrogen and oxygen atoms in total. The Hall–Kier alpha value is -1.89. The first-order valence-corrected chi connectivity index (χ1v) is 10.5. The lowest BCUT2D eigenvalue weighted by Crippen LogP contribution is -2.51. The molecule has 7 heteroatoms. The highest BCUT2D eigenvalue weighted by Gasteiger charge is 2.65. The van der Waals surface area contributed by atoms with Gasteiger partial charge in [-0.2, -0.15) is 0 Å². The van der Waals surface area contributed by atoms with E-state index < -0.39 is 5.54 Å². The second kappa shape index (κ2) is 5.81. The van der Waals surface area contributed by atoms with Crippen molar-refractivity contribution >= 4 is 29.2 Å². The third kappa shape index (κ3) is 2.40. The van der Waals surface area contributed by atoms with E-state index in [4.69, 9.17) is 0 Å². The Balaban J connectivity index is 1.33. The minimum absolute atomic E-state index is 0.0832. The minimum atomic E-state index is -0.713. The van der Waals surface area contributed by atoms with Gasteiger partial charge in [-0.3, -0.25) is 14.5 Å². The van der Waals surface area contributed by atoms with Crippen LogP contribution in [0, 0.1) is 11.8 Å². The summed E-state index contributed by atoms with van der Waals surface area (Å²) >= 11 is 1.66. The van der Waals surface area contributed by atoms with E-state index in [0.717, 1.165) is 38.5 Å². The fourth-order valence-electron chi connectivity index (χ4n) is 4.79. The van der Waals surface area contributed by atoms with Gasteiger partial charge in [0.15, 0.2) is 0 Å². The van der Waals surface area contributed by atoms with Gasteiger partial charge in [-0.25, -0.2) is 4.79 Å². The summed E-state index contributed by atoms with van der Waals surface area (Å²) in [4.78, 5) is 42.8. The van der Waals surface area contributed by atoms with Crippen LogP contribution in [0.25, 0.3) is 0 Å². The number of urea groups is 1. The zero-order valence-corrected chi connectivity index (χ0v) is 15.5. The smallest absolute Gasteiger partial charge is 0.325 e. The van der Waals surface area contributed by atoms with Gasteiger partial charge < -0.3 is 10.2 Å². The lowest BCUT2D eigenvalue weighted by atomic mass is 9.87. The molecule has 4 aliphatic rings. The number of nitrogens with one attached hydrogen (secondary N) is 1. The van der Waals surface area contributed by atoms with Gasteiger partial charge >= 0.3 is 6.03 Å². The minimum Gasteiger partial charge on any atom is -0.333 e. The maximum Gasteiger partial charge on any atom is 0.325 e. The Kier molecular flexibility index (Phi) is 3.64. The van der Waals surface area contributed by atoms with Crippen molar-refractivity contribution in [1.82, 2.24) is 15.1 Å². The number of carbonyl (C=O) groups is 3. The second-order valence-electron chi connectivity index (χ2n) is 8.00. The predicted molar refractivity (Wildman–Crippen MR) is 96.4 cm³/mol. The fraction of sp³-hybridized carbons (Fsp3) is 0.632. The van der Waals surface area contributed by atoms with E-state index in [0.29, 0.717) is 6.54 Å². The summed E-state index contributed by atoms with van der Waals surface area (Å²) in [6.45, 7) is 0.565. The molecule has 0 aromatic carbocycles. The molecule has 1 N–H and O–H groups in total. The largest absolute Gasteiger partial charge is 0.333 e. The van der Waals surface area contributed by atoms with Crippen LogP contribution >= 0.6 is 11.3 Å². The van der Waals surface area contributed by atoms with Crippen LogP contribution in [-0.4, -0.2) is 46.3 Å². The van der Waals surface area contributed by atoms with Crippen LogP contribution in [0.3, 0.4) is 0 Å². The fourth-order valence-corrected chi connectivity index (χ4v) is 5.66. The van der Waals surface area contributed by atoms with Crippen molar-refractivity contribution in [2.75, 3.05) is 13.1 Å². The topological polar surface area (TPSA) is 69.7 Å². The molecule has 0 bridgehead atoms. The number of carbonyl (C=O) groups excluding carboxylic acids is 3. The summed E-state index contributed by atoms with van der Waals surface area (Å²) in [5.41, 5.74) is -0.713. The Morgan fingerprint density at radius 2 is 1.92 bits per heavy atom. The molecule has 138 valence electrons. The normalized spacial score (nSPS) is 27.9. The van der Waals surface area contributed by atoms with E-state index in [-0.39, 0.29) is 42.3 Å². The Bertz CT molecular complexity index is 742. The average molecular weight is 373 g/mol. The highest BCUT2D eigenvalue weighted by atomic mass is 32.1. The standard InChI is InChI=1S/C19H23N3O3S/c23-16(21-9-1-3-14(21)15-4-2-10-26-15)11-22-17(24)19(12-5-6-12,13-7-8-13)20-18(22)25/h2,4,10,12-14H,1,3,5-9,11H2,(H,20,25). The van der Waals surface area contributed by atoms with Crippen LogP contribution in [0.5, 0.6) is 0 Å². The molecule has 0 radical (unpaired) electrons. The van der Waals surface area contributed by atoms with Gasteiger partial charge in [-0.15, -0.1) is 11.3 Å². The molecule has 1 aromatic heterocycles. The third-order valence-corrected chi connectivity index (χ3v) is 7.31. The monoisotopic (exact) mass is 373 g/mol. The predicted octanol–water partition coefficient (Wildman–Crippen LogP) is 2.52. The molecule has 26 heavy (non-hydrogen) atoms. The summed E-state index contributed by atoms with van der Waals surface area (Å²) < 4.78 is 0. The number of hydrogen-bond acceptors (Lipinski definition) is 4. The summed E-state index contributed by atoms with van der Waals surface area (Å²) in [6, 6.07) is 3.76. The van der Waals surface area contributed by atoms with Crippen molar-refractivity contribution < 1.29 is 14.4 Å². The van der Waals surface area contributed by atoms with E-state index >= 15 is 0 Å². The van der Waals surface area contributed by atoms with Gasteiger partial charge in [0.25, 0.3) is 5.91 Å². The molecule has 4 fully saturated rings. The number of thiophene rings is 1. The van der Waals surface area contributed by atoms with Crippen LogP contribution < -0.4 is 5.32 Å². The van der Waals surface area contributed by atoms with Crippen molar-refractivity contribution in [3.05, 3.63) is 22.4 Å². The summed E-state index contributed by atoms with van der Waals surface area (Å²) in [5, 5.41) is 5.02. The Morgan fingerprint density at radius 1 is 1.19 bits per heavy atom. The maximum absolute atomic E-state index is 13.1. The van der Waals surface area contributed by atoms with E-state index in [2.05, 4.69) is 11.4 Å². The van der Waals surface area contributed by atoms with Crippen molar-refractivity contribution in [1.29, 1.82) is 0 Å². The van der Waals surface area contributed by atoms with E-state index in [1.165, 1.54) is 9.78 Å². The van der Waals surface area contributed by atoms with E-state index in [9.17, 15) is 14.4 Å². The lowest BCUT2D eigenvalue weighted by Gasteiger charge is -2.28. The quantitative estimate of drug-likeness (QED) is 0.807. The number of rotatable bonds is 5. The number of amides is 4. The van der Waals surface area contributed by atoms with Gasteiger partial charge in [-0.05, 0) is 61.8 Å². The van der Waals surface area contributed by atoms with Crippen LogP contribution in [0.15, 0.2) is 17.5 Å². The maximum atomic E-state index is 13.1. The second-order valence-corrected chi connectivity index (χ2v) is 8.98. The first-order chi connectivity index (χ1) is 12.6. The van der Waals surface area contributed by atoms with Gasteiger partial charge in [0.05, 0.1) is 6.04 Å². The summed E-state index contributed by atoms with van der Waals surface area (Å²) in [7, 11) is 0. The zero-order chi connectivity index (χ0) is 17.9. The molecule has 2 saturated heterocycles. The molecule has 1 unspecified atom stereocenters. The molecule has 1 aromatic rings. The molecule has 5 rings (SSSR count). The highest BCUT2D eigenvalue weighted by Crippen LogP contribution is 2.54. The van der Waals surface area contributed by atoms with Crippen LogP contribution in [-0.2, 0) is 9.59 Å². The van der Waals surface area contributed by atoms with Crippen molar-refractivity contribution in [2.45, 2.75) is 50.1 Å². The number of imide groups is 1. The lowest BCUT2D eigenvalue weighted by molar-refractivity contribution is -0.140. The Labute approximate surface area is 156 Å². The van der Waals surface area contributed by atoms with Gasteiger partial charge in [-0.1, -0.05) is 6.07 Å². The van der Waals surface area contributed by atoms with Gasteiger partial charge in [0.2, 0.25) is 5.91 Å². The van der Waals surface area contributed by atoms with Crippen molar-refractivity contribution in [2.24, 2.45) is 11.8 Å². The molecule has 2 aliphatic heterocycles. The first-order valence-electron chi connectivity index (χ1n) is 9.58. The average Bonchev–Trinajstić information content (AvgIpc) is 3.53. The van der Waals surface area contributed by atoms with Crippen LogP contribution in [0.1, 0.15) is 49.4 Å². The Morgan fingerprint density at radius 3 is 2.54 bits per heavy atom. The zero-order valence-electron chi connectivity index (χ0n) is 14.6.